The van der Waals surface area contributed by atoms with E-state index in [1.54, 1.807) is 6.92 Å². The number of hydrogen-bond acceptors (Lipinski definition) is 6. The first-order valence-electron chi connectivity index (χ1n) is 3.71. The molecule has 0 bridgehead atoms. The van der Waals surface area contributed by atoms with E-state index in [0.29, 0.717) is 0 Å². The molecule has 0 radical (unpaired) electrons. The number of rotatable bonds is 3. The summed E-state index contributed by atoms with van der Waals surface area (Å²) in [6.45, 7) is 1.81. The summed E-state index contributed by atoms with van der Waals surface area (Å²) >= 11 is 0. The highest BCUT2D eigenvalue weighted by Crippen LogP contribution is 2.20. The van der Waals surface area contributed by atoms with Gasteiger partial charge in [-0.25, -0.2) is 0 Å². The fourth-order valence-electron chi connectivity index (χ4n) is 0.810. The van der Waals surface area contributed by atoms with Crippen LogP contribution in [0.4, 0.5) is 5.69 Å². The Labute approximate surface area is 78.0 Å². The Morgan fingerprint density at radius 3 is 3.00 bits per heavy atom. The molecule has 0 aromatic carbocycles. The summed E-state index contributed by atoms with van der Waals surface area (Å²) in [5, 5.41) is 29.8. The first kappa shape index (κ1) is 9.96. The van der Waals surface area contributed by atoms with Crippen LogP contribution in [0.2, 0.25) is 0 Å². The van der Waals surface area contributed by atoms with Crippen LogP contribution in [0.1, 0.15) is 6.92 Å². The van der Waals surface area contributed by atoms with E-state index in [0.717, 1.165) is 6.07 Å². The highest BCUT2D eigenvalue weighted by Gasteiger charge is 2.18. The lowest BCUT2D eigenvalue weighted by Gasteiger charge is -2.03. The van der Waals surface area contributed by atoms with Crippen LogP contribution >= 0.6 is 0 Å². The molecule has 0 saturated carbocycles. The zero-order valence-corrected chi connectivity index (χ0v) is 7.30. The maximum absolute atomic E-state index is 10.5. The second-order valence-electron chi connectivity index (χ2n) is 2.30. The SMILES string of the molecule is CCOc1nn(O)c(=N)cc1[N+](=O)[O-]. The van der Waals surface area contributed by atoms with Crippen molar-refractivity contribution in [3.8, 4) is 5.88 Å². The number of aromatic nitrogens is 2. The minimum absolute atomic E-state index is 0.186. The van der Waals surface area contributed by atoms with Crippen molar-refractivity contribution in [1.82, 2.24) is 9.94 Å². The van der Waals surface area contributed by atoms with Crippen LogP contribution in [0, 0.1) is 15.5 Å². The Bertz CT molecular complexity index is 413. The van der Waals surface area contributed by atoms with Crippen LogP contribution in [0.3, 0.4) is 0 Å². The van der Waals surface area contributed by atoms with Crippen LogP contribution in [0.5, 0.6) is 5.88 Å². The maximum Gasteiger partial charge on any atom is 0.336 e. The lowest BCUT2D eigenvalue weighted by atomic mass is 10.4. The molecule has 0 saturated heterocycles. The molecule has 1 aromatic rings. The van der Waals surface area contributed by atoms with Gasteiger partial charge in [0, 0.05) is 0 Å². The molecule has 2 N–H and O–H groups in total. The van der Waals surface area contributed by atoms with Crippen molar-refractivity contribution in [3.63, 3.8) is 0 Å². The topological polar surface area (TPSA) is 114 Å². The molecule has 0 aliphatic heterocycles. The van der Waals surface area contributed by atoms with Gasteiger partial charge in [0.1, 0.15) is 0 Å². The largest absolute Gasteiger partial charge is 0.472 e. The summed E-state index contributed by atoms with van der Waals surface area (Å²) in [5.41, 5.74) is -0.928. The highest BCUT2D eigenvalue weighted by molar-refractivity contribution is 5.37. The van der Waals surface area contributed by atoms with Crippen LogP contribution < -0.4 is 10.2 Å². The Kier molecular flexibility index (Phi) is 2.65. The third-order valence-electron chi connectivity index (χ3n) is 1.37. The third-order valence-corrected chi connectivity index (χ3v) is 1.37. The molecule has 1 rings (SSSR count). The summed E-state index contributed by atoms with van der Waals surface area (Å²) in [5.74, 6) is -0.309. The molecule has 0 atom stereocenters. The summed E-state index contributed by atoms with van der Waals surface area (Å²) in [4.78, 5) is 9.95. The molecule has 1 heterocycles. The van der Waals surface area contributed by atoms with Gasteiger partial charge in [0.2, 0.25) is 0 Å². The molecule has 14 heavy (non-hydrogen) atoms. The molecular weight excluding hydrogens is 192 g/mol. The molecule has 0 aliphatic carbocycles. The predicted molar refractivity (Wildman–Crippen MR) is 43.1 cm³/mol. The lowest BCUT2D eigenvalue weighted by molar-refractivity contribution is -0.386. The summed E-state index contributed by atoms with van der Waals surface area (Å²) in [6, 6.07) is 0.859. The maximum atomic E-state index is 10.5. The van der Waals surface area contributed by atoms with E-state index < -0.39 is 16.1 Å². The minimum Gasteiger partial charge on any atom is -0.472 e. The van der Waals surface area contributed by atoms with Crippen molar-refractivity contribution in [1.29, 1.82) is 5.41 Å². The zero-order valence-electron chi connectivity index (χ0n) is 7.30. The van der Waals surface area contributed by atoms with Gasteiger partial charge >= 0.3 is 11.6 Å². The smallest absolute Gasteiger partial charge is 0.336 e. The van der Waals surface area contributed by atoms with E-state index >= 15 is 0 Å². The van der Waals surface area contributed by atoms with E-state index in [9.17, 15) is 10.1 Å². The number of nitrogens with one attached hydrogen (secondary N) is 1. The molecular formula is C6H8N4O4. The van der Waals surface area contributed by atoms with Crippen LogP contribution in [-0.4, -0.2) is 26.7 Å². The Balaban J connectivity index is 3.31. The van der Waals surface area contributed by atoms with Crippen LogP contribution in [0.15, 0.2) is 6.07 Å². The van der Waals surface area contributed by atoms with Crippen molar-refractivity contribution in [2.45, 2.75) is 6.92 Å². The molecule has 0 unspecified atom stereocenters. The van der Waals surface area contributed by atoms with Gasteiger partial charge in [-0.1, -0.05) is 9.94 Å². The average molecular weight is 200 g/mol. The Hall–Kier alpha value is -2.12. The van der Waals surface area contributed by atoms with Crippen LogP contribution in [-0.2, 0) is 0 Å². The van der Waals surface area contributed by atoms with E-state index in [2.05, 4.69) is 5.10 Å². The molecule has 8 nitrogen and oxygen atoms in total. The highest BCUT2D eigenvalue weighted by atomic mass is 16.6. The van der Waals surface area contributed by atoms with Gasteiger partial charge in [-0.15, -0.1) is 0 Å². The van der Waals surface area contributed by atoms with Gasteiger partial charge in [0.15, 0.2) is 5.49 Å². The van der Waals surface area contributed by atoms with Crippen molar-refractivity contribution >= 4 is 5.69 Å². The molecule has 76 valence electrons. The second-order valence-corrected chi connectivity index (χ2v) is 2.30. The fourth-order valence-corrected chi connectivity index (χ4v) is 0.810. The van der Waals surface area contributed by atoms with Crippen molar-refractivity contribution < 1.29 is 14.9 Å². The fraction of sp³-hybridized carbons (Fsp3) is 0.333. The standard InChI is InChI=1S/C6H8N4O4/c1-2-14-6-4(10(12)13)3-5(7)9(11)8-6/h3,7,11H,2H2,1H3. The van der Waals surface area contributed by atoms with Gasteiger partial charge in [0.05, 0.1) is 17.6 Å². The molecule has 8 heteroatoms. The van der Waals surface area contributed by atoms with E-state index in [1.807, 2.05) is 0 Å². The van der Waals surface area contributed by atoms with E-state index in [-0.39, 0.29) is 17.3 Å². The van der Waals surface area contributed by atoms with Gasteiger partial charge in [0.25, 0.3) is 0 Å². The second kappa shape index (κ2) is 3.73. The molecule has 0 spiro atoms. The predicted octanol–water partition coefficient (Wildman–Crippen LogP) is -0.0932. The van der Waals surface area contributed by atoms with E-state index in [4.69, 9.17) is 15.4 Å². The average Bonchev–Trinajstić information content (AvgIpc) is 2.11. The molecule has 0 aliphatic rings. The van der Waals surface area contributed by atoms with Crippen molar-refractivity contribution in [2.75, 3.05) is 6.61 Å². The third kappa shape index (κ3) is 1.79. The monoisotopic (exact) mass is 200 g/mol. The van der Waals surface area contributed by atoms with Crippen LogP contribution in [0.25, 0.3) is 0 Å². The van der Waals surface area contributed by atoms with E-state index in [1.165, 1.54) is 0 Å². The molecule has 0 amide bonds. The lowest BCUT2D eigenvalue weighted by Crippen LogP contribution is -2.21. The van der Waals surface area contributed by atoms with Crippen molar-refractivity contribution in [2.24, 2.45) is 0 Å². The first-order valence-corrected chi connectivity index (χ1v) is 3.71. The Morgan fingerprint density at radius 1 is 1.86 bits per heavy atom. The van der Waals surface area contributed by atoms with Crippen molar-refractivity contribution in [3.05, 3.63) is 21.7 Å². The number of ether oxygens (including phenoxy) is 1. The quantitative estimate of drug-likeness (QED) is 0.402. The number of hydrogen-bond donors (Lipinski definition) is 2. The first-order chi connectivity index (χ1) is 6.56. The summed E-state index contributed by atoms with van der Waals surface area (Å²) < 4.78 is 4.82. The number of nitrogens with zero attached hydrogens (tertiary/aromatic N) is 3. The summed E-state index contributed by atoms with van der Waals surface area (Å²) in [6.07, 6.45) is 0. The summed E-state index contributed by atoms with van der Waals surface area (Å²) in [7, 11) is 0. The minimum atomic E-state index is -0.726. The molecule has 0 fully saturated rings. The van der Waals surface area contributed by atoms with Gasteiger partial charge in [-0.05, 0) is 6.92 Å². The molecule has 1 aromatic heterocycles. The van der Waals surface area contributed by atoms with Gasteiger partial charge in [-0.2, -0.15) is 0 Å². The normalized spacial score (nSPS) is 9.79. The van der Waals surface area contributed by atoms with Gasteiger partial charge < -0.3 is 9.94 Å². The number of nitro groups is 1. The van der Waals surface area contributed by atoms with Gasteiger partial charge in [-0.3, -0.25) is 15.5 Å². The Morgan fingerprint density at radius 2 is 2.50 bits per heavy atom. The zero-order chi connectivity index (χ0) is 10.7.